The van der Waals surface area contributed by atoms with Crippen molar-refractivity contribution in [2.45, 2.75) is 39.3 Å². The molecule has 1 saturated heterocycles. The molecule has 0 saturated carbocycles. The lowest BCUT2D eigenvalue weighted by Gasteiger charge is -2.34. The monoisotopic (exact) mass is 580 g/mol. The van der Waals surface area contributed by atoms with Gasteiger partial charge in [-0.1, -0.05) is 45.2 Å². The van der Waals surface area contributed by atoms with Gasteiger partial charge in [0, 0.05) is 35.7 Å². The fraction of sp³-hybridized carbons (Fsp3) is 0.310. The Morgan fingerprint density at radius 1 is 1.00 bits per heavy atom. The van der Waals surface area contributed by atoms with Crippen molar-refractivity contribution >= 4 is 56.2 Å². The van der Waals surface area contributed by atoms with E-state index in [1.165, 1.54) is 19.3 Å². The largest absolute Gasteiger partial charge is 0.496 e. The number of hydrazone groups is 1. The summed E-state index contributed by atoms with van der Waals surface area (Å²) in [5, 5.41) is 7.40. The standard InChI is InChI=1S/C29H30BrClN4O2/c1-19-7-10-22(11-8-19)35-29(24-17-21(30)9-14-27(24)37-3)34(28(32-35)20(2)36)23-12-13-26(25(31)18-23)33-15-5-4-6-16-33/h7-14,17-18,29H,4-6,15-16H2,1-3H3/t29-/m0/s1. The summed E-state index contributed by atoms with van der Waals surface area (Å²) < 4.78 is 6.68. The van der Waals surface area contributed by atoms with Gasteiger partial charge < -0.3 is 9.64 Å². The van der Waals surface area contributed by atoms with E-state index < -0.39 is 6.17 Å². The molecule has 0 unspecified atom stereocenters. The summed E-state index contributed by atoms with van der Waals surface area (Å²) in [6.45, 7) is 5.60. The lowest BCUT2D eigenvalue weighted by molar-refractivity contribution is -0.111. The Hall–Kier alpha value is -3.03. The second-order valence-corrected chi connectivity index (χ2v) is 10.8. The van der Waals surface area contributed by atoms with Gasteiger partial charge in [0.2, 0.25) is 0 Å². The number of benzene rings is 3. The maximum Gasteiger partial charge on any atom is 0.198 e. The molecule has 192 valence electrons. The molecule has 1 fully saturated rings. The van der Waals surface area contributed by atoms with Crippen LogP contribution in [0.1, 0.15) is 43.5 Å². The van der Waals surface area contributed by atoms with E-state index in [-0.39, 0.29) is 5.78 Å². The minimum absolute atomic E-state index is 0.134. The third kappa shape index (κ3) is 5.07. The number of piperidine rings is 1. The van der Waals surface area contributed by atoms with Crippen LogP contribution >= 0.6 is 27.5 Å². The normalized spacial score (nSPS) is 17.7. The van der Waals surface area contributed by atoms with Crippen LogP contribution in [0.15, 0.2) is 70.2 Å². The zero-order chi connectivity index (χ0) is 26.1. The van der Waals surface area contributed by atoms with Crippen LogP contribution in [0, 0.1) is 6.92 Å². The first-order valence-electron chi connectivity index (χ1n) is 12.5. The molecule has 0 N–H and O–H groups in total. The highest BCUT2D eigenvalue weighted by atomic mass is 79.9. The van der Waals surface area contributed by atoms with Gasteiger partial charge in [-0.15, -0.1) is 5.10 Å². The Morgan fingerprint density at radius 3 is 2.35 bits per heavy atom. The van der Waals surface area contributed by atoms with Crippen molar-refractivity contribution < 1.29 is 9.53 Å². The Morgan fingerprint density at radius 2 is 1.70 bits per heavy atom. The van der Waals surface area contributed by atoms with Gasteiger partial charge in [-0.05, 0) is 74.7 Å². The maximum atomic E-state index is 13.0. The van der Waals surface area contributed by atoms with Gasteiger partial charge in [-0.3, -0.25) is 9.69 Å². The fourth-order valence-corrected chi connectivity index (χ4v) is 5.72. The van der Waals surface area contributed by atoms with Gasteiger partial charge in [0.25, 0.3) is 0 Å². The Bertz CT molecular complexity index is 1340. The van der Waals surface area contributed by atoms with E-state index in [9.17, 15) is 4.79 Å². The Balaban J connectivity index is 1.66. The number of hydrogen-bond donors (Lipinski definition) is 0. The number of hydrogen-bond acceptors (Lipinski definition) is 6. The molecule has 8 heteroatoms. The molecule has 2 aliphatic heterocycles. The average Bonchev–Trinajstić information content (AvgIpc) is 3.30. The van der Waals surface area contributed by atoms with Crippen LogP contribution < -0.4 is 19.5 Å². The molecule has 2 heterocycles. The lowest BCUT2D eigenvalue weighted by atomic mass is 10.1. The predicted octanol–water partition coefficient (Wildman–Crippen LogP) is 7.34. The van der Waals surface area contributed by atoms with E-state index in [0.717, 1.165) is 45.8 Å². The molecule has 2 aliphatic rings. The zero-order valence-electron chi connectivity index (χ0n) is 21.2. The molecule has 0 radical (unpaired) electrons. The number of anilines is 3. The van der Waals surface area contributed by atoms with Gasteiger partial charge in [-0.2, -0.15) is 0 Å². The summed E-state index contributed by atoms with van der Waals surface area (Å²) in [5.74, 6) is 0.908. The SMILES string of the molecule is COc1ccc(Br)cc1[C@@H]1N(c2ccc(C)cc2)N=C(C(C)=O)N1c1ccc(N2CCCCC2)c(Cl)c1. The molecule has 3 aromatic carbocycles. The predicted molar refractivity (Wildman–Crippen MR) is 155 cm³/mol. The first-order valence-corrected chi connectivity index (χ1v) is 13.7. The highest BCUT2D eigenvalue weighted by Crippen LogP contribution is 2.44. The number of amidine groups is 1. The quantitative estimate of drug-likeness (QED) is 0.305. The molecule has 0 aliphatic carbocycles. The van der Waals surface area contributed by atoms with E-state index in [1.54, 1.807) is 14.0 Å². The Labute approximate surface area is 231 Å². The fourth-order valence-electron chi connectivity index (χ4n) is 5.04. The summed E-state index contributed by atoms with van der Waals surface area (Å²) in [4.78, 5) is 17.3. The summed E-state index contributed by atoms with van der Waals surface area (Å²) in [6.07, 6.45) is 3.12. The van der Waals surface area contributed by atoms with Crippen LogP contribution in [0.4, 0.5) is 17.1 Å². The van der Waals surface area contributed by atoms with Gasteiger partial charge in [-0.25, -0.2) is 5.01 Å². The molecule has 6 nitrogen and oxygen atoms in total. The number of halogens is 2. The number of carbonyl (C=O) groups is 1. The molecule has 0 spiro atoms. The summed E-state index contributed by atoms with van der Waals surface area (Å²) in [6, 6.07) is 20.0. The first kappa shape index (κ1) is 25.6. The number of nitrogens with zero attached hydrogens (tertiary/aromatic N) is 4. The highest BCUT2D eigenvalue weighted by molar-refractivity contribution is 9.10. The minimum Gasteiger partial charge on any atom is -0.496 e. The molecule has 5 rings (SSSR count). The number of ether oxygens (including phenoxy) is 1. The number of carbonyl (C=O) groups excluding carboxylic acids is 1. The highest BCUT2D eigenvalue weighted by Gasteiger charge is 2.41. The molecule has 0 amide bonds. The summed E-state index contributed by atoms with van der Waals surface area (Å²) >= 11 is 10.5. The van der Waals surface area contributed by atoms with Gasteiger partial charge in [0.05, 0.1) is 23.5 Å². The van der Waals surface area contributed by atoms with E-state index in [4.69, 9.17) is 21.4 Å². The van der Waals surface area contributed by atoms with Crippen LogP contribution in [0.25, 0.3) is 0 Å². The van der Waals surface area contributed by atoms with E-state index in [2.05, 4.69) is 26.9 Å². The second kappa shape index (κ2) is 10.8. The molecular weight excluding hydrogens is 552 g/mol. The van der Waals surface area contributed by atoms with Crippen molar-refractivity contribution in [3.8, 4) is 5.75 Å². The van der Waals surface area contributed by atoms with Crippen molar-refractivity contribution in [1.29, 1.82) is 0 Å². The van der Waals surface area contributed by atoms with Gasteiger partial charge in [0.15, 0.2) is 17.8 Å². The third-order valence-corrected chi connectivity index (χ3v) is 7.69. The van der Waals surface area contributed by atoms with Crippen LogP contribution in [-0.4, -0.2) is 31.8 Å². The smallest absolute Gasteiger partial charge is 0.198 e. The third-order valence-electron chi connectivity index (χ3n) is 6.90. The zero-order valence-corrected chi connectivity index (χ0v) is 23.6. The molecule has 3 aromatic rings. The Kier molecular flexibility index (Phi) is 7.45. The second-order valence-electron chi connectivity index (χ2n) is 9.47. The molecule has 0 aromatic heterocycles. The number of methoxy groups -OCH3 is 1. The van der Waals surface area contributed by atoms with Crippen molar-refractivity contribution in [3.05, 3.63) is 81.3 Å². The van der Waals surface area contributed by atoms with E-state index in [1.807, 2.05) is 71.4 Å². The van der Waals surface area contributed by atoms with Crippen molar-refractivity contribution in [2.24, 2.45) is 5.10 Å². The van der Waals surface area contributed by atoms with Gasteiger partial charge in [0.1, 0.15) is 5.75 Å². The van der Waals surface area contributed by atoms with Crippen LogP contribution in [-0.2, 0) is 4.79 Å². The molecule has 37 heavy (non-hydrogen) atoms. The molecule has 1 atom stereocenters. The van der Waals surface area contributed by atoms with E-state index in [0.29, 0.717) is 16.6 Å². The number of aryl methyl sites for hydroxylation is 1. The van der Waals surface area contributed by atoms with Crippen molar-refractivity contribution in [2.75, 3.05) is 35.0 Å². The maximum absolute atomic E-state index is 13.0. The average molecular weight is 582 g/mol. The first-order chi connectivity index (χ1) is 17.9. The lowest BCUT2D eigenvalue weighted by Crippen LogP contribution is -2.38. The number of Topliss-reactive ketones (excluding diaryl/α,β-unsaturated/α-hetero) is 1. The number of rotatable bonds is 6. The van der Waals surface area contributed by atoms with Crippen LogP contribution in [0.5, 0.6) is 5.75 Å². The van der Waals surface area contributed by atoms with Crippen LogP contribution in [0.3, 0.4) is 0 Å². The molecular formula is C29H30BrClN4O2. The van der Waals surface area contributed by atoms with Crippen molar-refractivity contribution in [1.82, 2.24) is 0 Å². The molecule has 0 bridgehead atoms. The number of ketones is 1. The topological polar surface area (TPSA) is 48.4 Å². The van der Waals surface area contributed by atoms with Crippen molar-refractivity contribution in [3.63, 3.8) is 0 Å². The minimum atomic E-state index is -0.467. The van der Waals surface area contributed by atoms with Crippen LogP contribution in [0.2, 0.25) is 5.02 Å². The van der Waals surface area contributed by atoms with Gasteiger partial charge >= 0.3 is 0 Å². The summed E-state index contributed by atoms with van der Waals surface area (Å²) in [7, 11) is 1.65. The summed E-state index contributed by atoms with van der Waals surface area (Å²) in [5.41, 5.74) is 4.70. The van der Waals surface area contributed by atoms with E-state index >= 15 is 0 Å².